The molecular formula is C25H26N2O4. The first-order valence-electron chi connectivity index (χ1n) is 10.6. The van der Waals surface area contributed by atoms with E-state index in [1.165, 1.54) is 5.56 Å². The number of ether oxygens (including phenoxy) is 2. The highest BCUT2D eigenvalue weighted by atomic mass is 16.5. The minimum atomic E-state index is -0.354. The topological polar surface area (TPSA) is 77.3 Å². The number of carbonyl (C=O) groups is 2. The van der Waals surface area contributed by atoms with Crippen LogP contribution in [-0.2, 0) is 19.7 Å². The maximum atomic E-state index is 12.3. The first kappa shape index (κ1) is 21.0. The number of hydrogen-bond acceptors (Lipinski definition) is 6. The van der Waals surface area contributed by atoms with Gasteiger partial charge in [-0.3, -0.25) is 0 Å². The SMILES string of the molecule is CCOC(=O)C1=C2c3cc(N=Nc4ccc(C(=O)OCC)cc4)ccc3C(C)(C)CC12. The fourth-order valence-electron chi connectivity index (χ4n) is 4.29. The third-order valence-corrected chi connectivity index (χ3v) is 5.80. The van der Waals surface area contributed by atoms with E-state index in [0.717, 1.165) is 23.1 Å². The molecule has 1 atom stereocenters. The summed E-state index contributed by atoms with van der Waals surface area (Å²) in [5.41, 5.74) is 5.98. The summed E-state index contributed by atoms with van der Waals surface area (Å²) in [4.78, 5) is 24.1. The van der Waals surface area contributed by atoms with Crippen LogP contribution in [0.3, 0.4) is 0 Å². The number of rotatable bonds is 6. The molecule has 0 heterocycles. The standard InChI is InChI=1S/C25H26N2O4/c1-5-30-23(28)15-7-9-16(10-8-15)26-27-17-11-12-20-18(13-17)21-19(14-25(20,3)4)22(21)24(29)31-6-2/h7-13,19H,5-6,14H2,1-4H3. The van der Waals surface area contributed by atoms with Crippen molar-refractivity contribution in [3.05, 3.63) is 64.7 Å². The zero-order chi connectivity index (χ0) is 22.2. The lowest BCUT2D eigenvalue weighted by molar-refractivity contribution is -0.138. The van der Waals surface area contributed by atoms with Crippen LogP contribution in [0.15, 0.2) is 58.3 Å². The summed E-state index contributed by atoms with van der Waals surface area (Å²) in [7, 11) is 0. The minimum absolute atomic E-state index is 0.0314. The highest BCUT2D eigenvalue weighted by molar-refractivity contribution is 6.11. The first-order valence-corrected chi connectivity index (χ1v) is 10.6. The van der Waals surface area contributed by atoms with Crippen LogP contribution in [0.2, 0.25) is 0 Å². The normalized spacial score (nSPS) is 18.4. The van der Waals surface area contributed by atoms with Gasteiger partial charge in [0.15, 0.2) is 0 Å². The molecule has 0 saturated carbocycles. The lowest BCUT2D eigenvalue weighted by Crippen LogP contribution is -2.23. The van der Waals surface area contributed by atoms with Gasteiger partial charge in [0.25, 0.3) is 0 Å². The summed E-state index contributed by atoms with van der Waals surface area (Å²) < 4.78 is 10.2. The van der Waals surface area contributed by atoms with Gasteiger partial charge in [0.2, 0.25) is 0 Å². The number of esters is 2. The molecular weight excluding hydrogens is 392 g/mol. The summed E-state index contributed by atoms with van der Waals surface area (Å²) in [6.45, 7) is 8.72. The van der Waals surface area contributed by atoms with Crippen LogP contribution in [0, 0.1) is 5.92 Å². The van der Waals surface area contributed by atoms with Crippen molar-refractivity contribution in [1.82, 2.24) is 0 Å². The fourth-order valence-corrected chi connectivity index (χ4v) is 4.29. The minimum Gasteiger partial charge on any atom is -0.463 e. The van der Waals surface area contributed by atoms with Crippen molar-refractivity contribution in [2.24, 2.45) is 16.1 Å². The number of carbonyl (C=O) groups excluding carboxylic acids is 2. The highest BCUT2D eigenvalue weighted by Gasteiger charge is 2.50. The molecule has 0 fully saturated rings. The molecule has 4 rings (SSSR count). The Balaban J connectivity index is 1.59. The molecule has 0 spiro atoms. The van der Waals surface area contributed by atoms with Crippen LogP contribution >= 0.6 is 0 Å². The average molecular weight is 418 g/mol. The number of nitrogens with zero attached hydrogens (tertiary/aromatic N) is 2. The molecule has 0 amide bonds. The molecule has 2 aliphatic carbocycles. The molecule has 0 saturated heterocycles. The van der Waals surface area contributed by atoms with Crippen molar-refractivity contribution < 1.29 is 19.1 Å². The summed E-state index contributed by atoms with van der Waals surface area (Å²) in [6.07, 6.45) is 0.914. The molecule has 6 heteroatoms. The zero-order valence-electron chi connectivity index (χ0n) is 18.3. The Kier molecular flexibility index (Phi) is 5.48. The van der Waals surface area contributed by atoms with Gasteiger partial charge in [-0.15, -0.1) is 0 Å². The second-order valence-electron chi connectivity index (χ2n) is 8.39. The maximum absolute atomic E-state index is 12.3. The molecule has 2 aliphatic rings. The maximum Gasteiger partial charge on any atom is 0.338 e. The van der Waals surface area contributed by atoms with Gasteiger partial charge in [-0.05, 0) is 78.8 Å². The predicted octanol–water partition coefficient (Wildman–Crippen LogP) is 5.91. The Morgan fingerprint density at radius 2 is 1.55 bits per heavy atom. The highest BCUT2D eigenvalue weighted by Crippen LogP contribution is 2.59. The molecule has 31 heavy (non-hydrogen) atoms. The zero-order valence-corrected chi connectivity index (χ0v) is 18.3. The number of benzene rings is 2. The summed E-state index contributed by atoms with van der Waals surface area (Å²) in [5.74, 6) is -0.392. The van der Waals surface area contributed by atoms with Crippen molar-refractivity contribution in [3.63, 3.8) is 0 Å². The van der Waals surface area contributed by atoms with Crippen LogP contribution in [0.4, 0.5) is 11.4 Å². The van der Waals surface area contributed by atoms with E-state index < -0.39 is 0 Å². The van der Waals surface area contributed by atoms with E-state index in [1.54, 1.807) is 31.2 Å². The molecule has 0 N–H and O–H groups in total. The Morgan fingerprint density at radius 3 is 2.23 bits per heavy atom. The Bertz CT molecular complexity index is 1100. The van der Waals surface area contributed by atoms with Crippen LogP contribution in [0.25, 0.3) is 5.57 Å². The van der Waals surface area contributed by atoms with E-state index in [4.69, 9.17) is 9.47 Å². The lowest BCUT2D eigenvalue weighted by atomic mass is 9.72. The van der Waals surface area contributed by atoms with Gasteiger partial charge in [-0.1, -0.05) is 19.9 Å². The Morgan fingerprint density at radius 1 is 0.935 bits per heavy atom. The van der Waals surface area contributed by atoms with Gasteiger partial charge in [0.05, 0.1) is 30.2 Å². The van der Waals surface area contributed by atoms with Gasteiger partial charge in [0.1, 0.15) is 0 Å². The van der Waals surface area contributed by atoms with E-state index >= 15 is 0 Å². The third-order valence-electron chi connectivity index (χ3n) is 5.80. The van der Waals surface area contributed by atoms with Crippen molar-refractivity contribution in [3.8, 4) is 0 Å². The number of allylic oxidation sites excluding steroid dienone is 1. The van der Waals surface area contributed by atoms with Gasteiger partial charge in [-0.2, -0.15) is 10.2 Å². The van der Waals surface area contributed by atoms with Crippen molar-refractivity contribution in [2.75, 3.05) is 13.2 Å². The lowest BCUT2D eigenvalue weighted by Gasteiger charge is -2.32. The van der Waals surface area contributed by atoms with Crippen LogP contribution in [0.1, 0.15) is 55.6 Å². The Labute approximate surface area is 182 Å². The second kappa shape index (κ2) is 8.10. The van der Waals surface area contributed by atoms with E-state index in [9.17, 15) is 9.59 Å². The van der Waals surface area contributed by atoms with Crippen molar-refractivity contribution in [1.29, 1.82) is 0 Å². The second-order valence-corrected chi connectivity index (χ2v) is 8.39. The molecule has 0 bridgehead atoms. The van der Waals surface area contributed by atoms with Gasteiger partial charge >= 0.3 is 11.9 Å². The summed E-state index contributed by atoms with van der Waals surface area (Å²) >= 11 is 0. The molecule has 0 aromatic heterocycles. The number of fused-ring (bicyclic) bond motifs is 3. The molecule has 160 valence electrons. The van der Waals surface area contributed by atoms with Gasteiger partial charge in [0, 0.05) is 11.5 Å². The van der Waals surface area contributed by atoms with Crippen molar-refractivity contribution in [2.45, 2.75) is 39.5 Å². The summed E-state index contributed by atoms with van der Waals surface area (Å²) in [5, 5.41) is 8.67. The third kappa shape index (κ3) is 4.02. The van der Waals surface area contributed by atoms with Crippen molar-refractivity contribution >= 4 is 28.9 Å². The van der Waals surface area contributed by atoms with Gasteiger partial charge < -0.3 is 9.47 Å². The largest absolute Gasteiger partial charge is 0.463 e. The molecule has 6 nitrogen and oxygen atoms in total. The molecule has 0 radical (unpaired) electrons. The van der Waals surface area contributed by atoms with Crippen LogP contribution in [0.5, 0.6) is 0 Å². The van der Waals surface area contributed by atoms with E-state index in [-0.39, 0.29) is 23.3 Å². The smallest absolute Gasteiger partial charge is 0.338 e. The average Bonchev–Trinajstić information content (AvgIpc) is 3.46. The molecule has 2 aromatic carbocycles. The monoisotopic (exact) mass is 418 g/mol. The van der Waals surface area contributed by atoms with E-state index in [0.29, 0.717) is 30.2 Å². The number of azo groups is 1. The predicted molar refractivity (Wildman–Crippen MR) is 118 cm³/mol. The molecule has 0 aliphatic heterocycles. The van der Waals surface area contributed by atoms with Crippen LogP contribution in [-0.4, -0.2) is 25.2 Å². The molecule has 1 unspecified atom stereocenters. The van der Waals surface area contributed by atoms with Gasteiger partial charge in [-0.25, -0.2) is 9.59 Å². The Hall–Kier alpha value is -3.28. The van der Waals surface area contributed by atoms with Crippen LogP contribution < -0.4 is 0 Å². The molecule has 2 aromatic rings. The number of hydrogen-bond donors (Lipinski definition) is 0. The first-order chi connectivity index (χ1) is 14.9. The summed E-state index contributed by atoms with van der Waals surface area (Å²) in [6, 6.07) is 12.8. The quantitative estimate of drug-likeness (QED) is 0.432. The fraction of sp³-hybridized carbons (Fsp3) is 0.360. The van der Waals surface area contributed by atoms with E-state index in [2.05, 4.69) is 30.1 Å². The van der Waals surface area contributed by atoms with E-state index in [1.807, 2.05) is 19.1 Å².